The SMILES string of the molecule is CCc1cc([C]=O)n(C)n1. The Labute approximate surface area is 59.7 Å². The number of carbonyl (C=O) groups excluding carboxylic acids is 1. The first-order chi connectivity index (χ1) is 4.77. The Kier molecular flexibility index (Phi) is 1.85. The van der Waals surface area contributed by atoms with E-state index >= 15 is 0 Å². The number of nitrogens with zero attached hydrogens (tertiary/aromatic N) is 2. The predicted molar refractivity (Wildman–Crippen MR) is 37.4 cm³/mol. The van der Waals surface area contributed by atoms with Crippen LogP contribution in [0.1, 0.15) is 18.3 Å². The van der Waals surface area contributed by atoms with Crippen molar-refractivity contribution < 1.29 is 4.79 Å². The summed E-state index contributed by atoms with van der Waals surface area (Å²) in [5, 5.41) is 4.05. The Hall–Kier alpha value is -1.12. The fraction of sp³-hybridized carbons (Fsp3) is 0.429. The molecule has 0 fully saturated rings. The summed E-state index contributed by atoms with van der Waals surface area (Å²) in [7, 11) is 1.74. The Balaban J connectivity index is 3.03. The topological polar surface area (TPSA) is 34.9 Å². The first kappa shape index (κ1) is 6.99. The third-order valence-electron chi connectivity index (χ3n) is 1.40. The van der Waals surface area contributed by atoms with Crippen LogP contribution in [0.4, 0.5) is 0 Å². The summed E-state index contributed by atoms with van der Waals surface area (Å²) in [6, 6.07) is 1.74. The van der Waals surface area contributed by atoms with Gasteiger partial charge in [0.15, 0.2) is 0 Å². The van der Waals surface area contributed by atoms with Crippen LogP contribution in [-0.4, -0.2) is 16.1 Å². The smallest absolute Gasteiger partial charge is 0.253 e. The Morgan fingerprint density at radius 3 is 2.80 bits per heavy atom. The normalized spacial score (nSPS) is 9.80. The highest BCUT2D eigenvalue weighted by Crippen LogP contribution is 1.99. The lowest BCUT2D eigenvalue weighted by Gasteiger charge is -1.86. The zero-order chi connectivity index (χ0) is 7.56. The van der Waals surface area contributed by atoms with Gasteiger partial charge < -0.3 is 0 Å². The summed E-state index contributed by atoms with van der Waals surface area (Å²) < 4.78 is 1.53. The second-order valence-electron chi connectivity index (χ2n) is 2.10. The van der Waals surface area contributed by atoms with Crippen LogP contribution in [0.3, 0.4) is 0 Å². The lowest BCUT2D eigenvalue weighted by molar-refractivity contribution is 0.557. The summed E-state index contributed by atoms with van der Waals surface area (Å²) in [6.07, 6.45) is 2.66. The molecular formula is C7H9N2O. The van der Waals surface area contributed by atoms with Gasteiger partial charge in [-0.15, -0.1) is 0 Å². The van der Waals surface area contributed by atoms with E-state index < -0.39 is 0 Å². The molecule has 1 aromatic heterocycles. The van der Waals surface area contributed by atoms with Crippen LogP contribution in [-0.2, 0) is 18.3 Å². The molecule has 0 unspecified atom stereocenters. The van der Waals surface area contributed by atoms with Crippen molar-refractivity contribution in [3.05, 3.63) is 17.5 Å². The van der Waals surface area contributed by atoms with Gasteiger partial charge in [0, 0.05) is 7.05 Å². The van der Waals surface area contributed by atoms with E-state index in [0.29, 0.717) is 5.69 Å². The average Bonchev–Trinajstić information content (AvgIpc) is 2.30. The molecule has 0 saturated carbocycles. The van der Waals surface area contributed by atoms with Gasteiger partial charge in [0.1, 0.15) is 5.69 Å². The van der Waals surface area contributed by atoms with Crippen molar-refractivity contribution in [2.75, 3.05) is 0 Å². The Morgan fingerprint density at radius 1 is 1.80 bits per heavy atom. The Bertz CT molecular complexity index is 240. The number of aromatic nitrogens is 2. The number of rotatable bonds is 2. The minimum absolute atomic E-state index is 0.511. The van der Waals surface area contributed by atoms with Crippen LogP contribution < -0.4 is 0 Å². The van der Waals surface area contributed by atoms with Gasteiger partial charge in [-0.3, -0.25) is 9.48 Å². The summed E-state index contributed by atoms with van der Waals surface area (Å²) in [6.45, 7) is 2.00. The van der Waals surface area contributed by atoms with Crippen molar-refractivity contribution in [3.8, 4) is 0 Å². The summed E-state index contributed by atoms with van der Waals surface area (Å²) >= 11 is 0. The minimum atomic E-state index is 0.511. The maximum atomic E-state index is 10.2. The molecule has 53 valence electrons. The zero-order valence-corrected chi connectivity index (χ0v) is 6.09. The van der Waals surface area contributed by atoms with Gasteiger partial charge in [-0.2, -0.15) is 5.10 Å². The van der Waals surface area contributed by atoms with Crippen molar-refractivity contribution in [2.24, 2.45) is 7.05 Å². The minimum Gasteiger partial charge on any atom is -0.283 e. The molecule has 0 aliphatic heterocycles. The first-order valence-electron chi connectivity index (χ1n) is 3.19. The van der Waals surface area contributed by atoms with Gasteiger partial charge in [-0.1, -0.05) is 6.92 Å². The second-order valence-corrected chi connectivity index (χ2v) is 2.10. The van der Waals surface area contributed by atoms with E-state index in [9.17, 15) is 4.79 Å². The molecule has 1 radical (unpaired) electrons. The van der Waals surface area contributed by atoms with E-state index in [2.05, 4.69) is 5.10 Å². The van der Waals surface area contributed by atoms with Crippen molar-refractivity contribution in [2.45, 2.75) is 13.3 Å². The quantitative estimate of drug-likeness (QED) is 0.592. The lowest BCUT2D eigenvalue weighted by Crippen LogP contribution is -1.96. The van der Waals surface area contributed by atoms with Gasteiger partial charge in [0.25, 0.3) is 6.29 Å². The molecule has 0 spiro atoms. The van der Waals surface area contributed by atoms with Crippen molar-refractivity contribution >= 4 is 6.29 Å². The molecule has 1 rings (SSSR count). The molecule has 10 heavy (non-hydrogen) atoms. The van der Waals surface area contributed by atoms with Crippen molar-refractivity contribution in [1.29, 1.82) is 0 Å². The summed E-state index contributed by atoms with van der Waals surface area (Å²) in [5.41, 5.74) is 1.44. The van der Waals surface area contributed by atoms with Crippen LogP contribution >= 0.6 is 0 Å². The third kappa shape index (κ3) is 1.07. The van der Waals surface area contributed by atoms with E-state index in [-0.39, 0.29) is 0 Å². The zero-order valence-electron chi connectivity index (χ0n) is 6.09. The maximum absolute atomic E-state index is 10.2. The molecule has 0 N–H and O–H groups in total. The molecule has 0 bridgehead atoms. The standard InChI is InChI=1S/C7H9N2O/c1-3-6-4-7(5-10)9(2)8-6/h4H,3H2,1-2H3. The van der Waals surface area contributed by atoms with E-state index in [1.54, 1.807) is 19.4 Å². The monoisotopic (exact) mass is 137 g/mol. The number of hydrogen-bond donors (Lipinski definition) is 0. The first-order valence-corrected chi connectivity index (χ1v) is 3.19. The highest BCUT2D eigenvalue weighted by atomic mass is 16.1. The summed E-state index contributed by atoms with van der Waals surface area (Å²) in [4.78, 5) is 10.2. The molecule has 0 saturated heterocycles. The fourth-order valence-electron chi connectivity index (χ4n) is 0.795. The van der Waals surface area contributed by atoms with Gasteiger partial charge >= 0.3 is 0 Å². The van der Waals surface area contributed by atoms with Crippen LogP contribution in [0, 0.1) is 0 Å². The largest absolute Gasteiger partial charge is 0.283 e. The van der Waals surface area contributed by atoms with E-state index in [4.69, 9.17) is 0 Å². The van der Waals surface area contributed by atoms with E-state index in [1.807, 2.05) is 6.92 Å². The molecule has 0 atom stereocenters. The third-order valence-corrected chi connectivity index (χ3v) is 1.40. The van der Waals surface area contributed by atoms with Gasteiger partial charge in [-0.25, -0.2) is 0 Å². The molecule has 0 aliphatic carbocycles. The van der Waals surface area contributed by atoms with E-state index in [1.165, 1.54) is 4.68 Å². The summed E-state index contributed by atoms with van der Waals surface area (Å²) in [5.74, 6) is 0. The molecule has 3 heteroatoms. The lowest BCUT2D eigenvalue weighted by atomic mass is 10.3. The fourth-order valence-corrected chi connectivity index (χ4v) is 0.795. The van der Waals surface area contributed by atoms with Crippen LogP contribution in [0.25, 0.3) is 0 Å². The van der Waals surface area contributed by atoms with Gasteiger partial charge in [0.2, 0.25) is 0 Å². The molecule has 0 amide bonds. The molecule has 1 heterocycles. The molecule has 0 aliphatic rings. The molecule has 3 nitrogen and oxygen atoms in total. The van der Waals surface area contributed by atoms with Crippen molar-refractivity contribution in [1.82, 2.24) is 9.78 Å². The molecule has 0 aromatic carbocycles. The number of aryl methyl sites for hydroxylation is 2. The van der Waals surface area contributed by atoms with Crippen LogP contribution in [0.15, 0.2) is 6.07 Å². The van der Waals surface area contributed by atoms with Crippen LogP contribution in [0.5, 0.6) is 0 Å². The van der Waals surface area contributed by atoms with Crippen LogP contribution in [0.2, 0.25) is 0 Å². The average molecular weight is 137 g/mol. The molecule has 1 aromatic rings. The highest BCUT2D eigenvalue weighted by molar-refractivity contribution is 5.72. The maximum Gasteiger partial charge on any atom is 0.253 e. The van der Waals surface area contributed by atoms with Gasteiger partial charge in [0.05, 0.1) is 5.69 Å². The predicted octanol–water partition coefficient (Wildman–Crippen LogP) is 0.440. The molecular weight excluding hydrogens is 128 g/mol. The Morgan fingerprint density at radius 2 is 2.50 bits per heavy atom. The number of hydrogen-bond acceptors (Lipinski definition) is 2. The highest BCUT2D eigenvalue weighted by Gasteiger charge is 2.00. The van der Waals surface area contributed by atoms with Crippen molar-refractivity contribution in [3.63, 3.8) is 0 Å². The second kappa shape index (κ2) is 2.64. The van der Waals surface area contributed by atoms with Gasteiger partial charge in [-0.05, 0) is 12.5 Å². The van der Waals surface area contributed by atoms with E-state index in [0.717, 1.165) is 12.1 Å².